The summed E-state index contributed by atoms with van der Waals surface area (Å²) in [5, 5.41) is 3.90. The Hall–Kier alpha value is -3.02. The van der Waals surface area contributed by atoms with Crippen molar-refractivity contribution in [2.45, 2.75) is 58.5 Å². The van der Waals surface area contributed by atoms with Crippen molar-refractivity contribution in [3.05, 3.63) is 99.5 Å². The molecule has 0 aliphatic carbocycles. The zero-order valence-corrected chi connectivity index (χ0v) is 24.0. The van der Waals surface area contributed by atoms with E-state index in [0.717, 1.165) is 12.0 Å². The second-order valence-corrected chi connectivity index (χ2v) is 11.2. The number of hydrogen-bond acceptors (Lipinski definition) is 3. The second kappa shape index (κ2) is 13.7. The molecule has 0 unspecified atom stereocenters. The average molecular weight is 556 g/mol. The lowest BCUT2D eigenvalue weighted by atomic mass is 9.87. The molecule has 3 rings (SSSR count). The van der Waals surface area contributed by atoms with E-state index in [1.54, 1.807) is 23.1 Å². The molecule has 0 bridgehead atoms. The molecule has 1 N–H and O–H groups in total. The Kier molecular flexibility index (Phi) is 10.6. The van der Waals surface area contributed by atoms with E-state index >= 15 is 0 Å². The van der Waals surface area contributed by atoms with E-state index in [4.69, 9.17) is 27.9 Å². The van der Waals surface area contributed by atoms with Gasteiger partial charge in [-0.3, -0.25) is 9.59 Å². The minimum Gasteiger partial charge on any atom is -0.484 e. The molecule has 0 radical (unpaired) electrons. The van der Waals surface area contributed by atoms with Gasteiger partial charge < -0.3 is 15.0 Å². The average Bonchev–Trinajstić information content (AvgIpc) is 2.89. The summed E-state index contributed by atoms with van der Waals surface area (Å²) in [7, 11) is 0. The van der Waals surface area contributed by atoms with Crippen LogP contribution >= 0.6 is 23.2 Å². The topological polar surface area (TPSA) is 58.6 Å². The maximum Gasteiger partial charge on any atom is 0.261 e. The van der Waals surface area contributed by atoms with Crippen molar-refractivity contribution < 1.29 is 14.3 Å². The number of nitrogens with zero attached hydrogens (tertiary/aromatic N) is 1. The van der Waals surface area contributed by atoms with Gasteiger partial charge in [-0.05, 0) is 52.8 Å². The fraction of sp³-hybridized carbons (Fsp3) is 0.355. The van der Waals surface area contributed by atoms with E-state index in [9.17, 15) is 9.59 Å². The number of carbonyl (C=O) groups excluding carboxylic acids is 2. The lowest BCUT2D eigenvalue weighted by molar-refractivity contribution is -0.142. The zero-order chi connectivity index (χ0) is 27.7. The first-order chi connectivity index (χ1) is 18.1. The van der Waals surface area contributed by atoms with Crippen LogP contribution in [0.3, 0.4) is 0 Å². The van der Waals surface area contributed by atoms with Crippen molar-refractivity contribution in [2.75, 3.05) is 13.2 Å². The Bertz CT molecular complexity index is 1210. The molecular formula is C31H36Cl2N2O3. The molecule has 2 amide bonds. The molecule has 3 aromatic carbocycles. The van der Waals surface area contributed by atoms with E-state index in [0.29, 0.717) is 34.3 Å². The van der Waals surface area contributed by atoms with Crippen LogP contribution in [0.25, 0.3) is 0 Å². The quantitative estimate of drug-likeness (QED) is 0.282. The van der Waals surface area contributed by atoms with Crippen LogP contribution in [0.4, 0.5) is 0 Å². The number of rotatable bonds is 11. The molecule has 0 heterocycles. The molecule has 5 nitrogen and oxygen atoms in total. The van der Waals surface area contributed by atoms with Crippen LogP contribution in [0.1, 0.15) is 50.8 Å². The fourth-order valence-electron chi connectivity index (χ4n) is 4.03. The molecule has 0 fully saturated rings. The largest absolute Gasteiger partial charge is 0.484 e. The summed E-state index contributed by atoms with van der Waals surface area (Å²) in [6, 6.07) is 21.8. The van der Waals surface area contributed by atoms with Crippen molar-refractivity contribution >= 4 is 35.0 Å². The van der Waals surface area contributed by atoms with Crippen molar-refractivity contribution in [1.29, 1.82) is 0 Å². The molecule has 0 saturated heterocycles. The molecule has 0 saturated carbocycles. The van der Waals surface area contributed by atoms with Gasteiger partial charge in [0.1, 0.15) is 11.8 Å². The number of benzene rings is 3. The number of nitrogens with one attached hydrogen (secondary N) is 1. The summed E-state index contributed by atoms with van der Waals surface area (Å²) >= 11 is 12.6. The minimum atomic E-state index is -0.755. The first-order valence-electron chi connectivity index (χ1n) is 12.9. The van der Waals surface area contributed by atoms with Crippen molar-refractivity contribution in [1.82, 2.24) is 10.2 Å². The number of ether oxygens (including phenoxy) is 1. The van der Waals surface area contributed by atoms with Crippen LogP contribution in [0, 0.1) is 0 Å². The highest BCUT2D eigenvalue weighted by atomic mass is 35.5. The number of amides is 2. The predicted octanol–water partition coefficient (Wildman–Crippen LogP) is 6.84. The standard InChI is InChI=1S/C31H36Cl2N2O3/c1-5-17-34-30(37)28(18-22-9-7-6-8-10-22)35(20-23-11-14-25(32)19-27(23)33)29(36)21-38-26-15-12-24(13-16-26)31(2,3)4/h6-16,19,28H,5,17-18,20-21H2,1-4H3,(H,34,37)/t28-/m1/s1. The maximum absolute atomic E-state index is 13.7. The van der Waals surface area contributed by atoms with Gasteiger partial charge in [0.2, 0.25) is 5.91 Å². The molecule has 0 aliphatic rings. The first-order valence-corrected chi connectivity index (χ1v) is 13.6. The summed E-state index contributed by atoms with van der Waals surface area (Å²) in [5.41, 5.74) is 2.83. The Morgan fingerprint density at radius 1 is 0.974 bits per heavy atom. The third-order valence-corrected chi connectivity index (χ3v) is 6.85. The molecule has 7 heteroatoms. The van der Waals surface area contributed by atoms with Gasteiger partial charge >= 0.3 is 0 Å². The van der Waals surface area contributed by atoms with Crippen LogP contribution < -0.4 is 10.1 Å². The highest BCUT2D eigenvalue weighted by Crippen LogP contribution is 2.26. The molecule has 202 valence electrons. The summed E-state index contributed by atoms with van der Waals surface area (Å²) in [4.78, 5) is 28.6. The van der Waals surface area contributed by atoms with Crippen molar-refractivity contribution in [2.24, 2.45) is 0 Å². The third kappa shape index (κ3) is 8.50. The Labute approximate surface area is 236 Å². The van der Waals surface area contributed by atoms with Gasteiger partial charge in [0.25, 0.3) is 5.91 Å². The summed E-state index contributed by atoms with van der Waals surface area (Å²) in [5.74, 6) is 0.0537. The van der Waals surface area contributed by atoms with E-state index < -0.39 is 6.04 Å². The monoisotopic (exact) mass is 554 g/mol. The Morgan fingerprint density at radius 3 is 2.26 bits per heavy atom. The Morgan fingerprint density at radius 2 is 1.66 bits per heavy atom. The van der Waals surface area contributed by atoms with Gasteiger partial charge in [0.15, 0.2) is 6.61 Å². The van der Waals surface area contributed by atoms with Crippen LogP contribution in [0.5, 0.6) is 5.75 Å². The molecule has 0 aromatic heterocycles. The lowest BCUT2D eigenvalue weighted by Gasteiger charge is -2.31. The van der Waals surface area contributed by atoms with Gasteiger partial charge in [-0.1, -0.05) is 99.4 Å². The zero-order valence-electron chi connectivity index (χ0n) is 22.5. The van der Waals surface area contributed by atoms with Crippen molar-refractivity contribution in [3.8, 4) is 5.75 Å². The van der Waals surface area contributed by atoms with Gasteiger partial charge in [0, 0.05) is 29.6 Å². The van der Waals surface area contributed by atoms with Crippen LogP contribution in [-0.2, 0) is 28.0 Å². The van der Waals surface area contributed by atoms with Crippen LogP contribution in [0.2, 0.25) is 10.0 Å². The number of hydrogen-bond donors (Lipinski definition) is 1. The molecule has 0 aliphatic heterocycles. The highest BCUT2D eigenvalue weighted by molar-refractivity contribution is 6.35. The molecular weight excluding hydrogens is 519 g/mol. The second-order valence-electron chi connectivity index (χ2n) is 10.3. The lowest BCUT2D eigenvalue weighted by Crippen LogP contribution is -2.51. The maximum atomic E-state index is 13.7. The van der Waals surface area contributed by atoms with E-state index in [1.807, 2.05) is 61.5 Å². The normalized spacial score (nSPS) is 12.1. The van der Waals surface area contributed by atoms with Gasteiger partial charge in [-0.2, -0.15) is 0 Å². The SMILES string of the molecule is CCCNC(=O)[C@@H](Cc1ccccc1)N(Cc1ccc(Cl)cc1Cl)C(=O)COc1ccc(C(C)(C)C)cc1. The highest BCUT2D eigenvalue weighted by Gasteiger charge is 2.31. The van der Waals surface area contributed by atoms with Gasteiger partial charge in [-0.25, -0.2) is 0 Å². The summed E-state index contributed by atoms with van der Waals surface area (Å²) < 4.78 is 5.89. The first kappa shape index (κ1) is 29.5. The van der Waals surface area contributed by atoms with Crippen molar-refractivity contribution in [3.63, 3.8) is 0 Å². The third-order valence-electron chi connectivity index (χ3n) is 6.26. The fourth-order valence-corrected chi connectivity index (χ4v) is 4.50. The van der Waals surface area contributed by atoms with Crippen LogP contribution in [0.15, 0.2) is 72.8 Å². The summed E-state index contributed by atoms with van der Waals surface area (Å²) in [6.45, 7) is 8.85. The molecule has 38 heavy (non-hydrogen) atoms. The van der Waals surface area contributed by atoms with E-state index in [-0.39, 0.29) is 30.4 Å². The number of halogens is 2. The molecule has 3 aromatic rings. The van der Waals surface area contributed by atoms with Crippen LogP contribution in [-0.4, -0.2) is 35.9 Å². The van der Waals surface area contributed by atoms with E-state index in [2.05, 4.69) is 26.1 Å². The van der Waals surface area contributed by atoms with Gasteiger partial charge in [0.05, 0.1) is 0 Å². The minimum absolute atomic E-state index is 0.0134. The van der Waals surface area contributed by atoms with E-state index in [1.165, 1.54) is 5.56 Å². The Balaban J connectivity index is 1.89. The molecule has 0 spiro atoms. The number of carbonyl (C=O) groups is 2. The smallest absolute Gasteiger partial charge is 0.261 e. The van der Waals surface area contributed by atoms with Gasteiger partial charge in [-0.15, -0.1) is 0 Å². The molecule has 1 atom stereocenters. The summed E-state index contributed by atoms with van der Waals surface area (Å²) in [6.07, 6.45) is 1.14. The predicted molar refractivity (Wildman–Crippen MR) is 155 cm³/mol.